The highest BCUT2D eigenvalue weighted by molar-refractivity contribution is 7.90. The minimum absolute atomic E-state index is 0.0311. The summed E-state index contributed by atoms with van der Waals surface area (Å²) in [6.07, 6.45) is 1.62. The summed E-state index contributed by atoms with van der Waals surface area (Å²) in [5.41, 5.74) is 1.13. The largest absolute Gasteiger partial charge is 0.421 e. The Hall–Kier alpha value is -2.35. The van der Waals surface area contributed by atoms with Crippen LogP contribution in [0.2, 0.25) is 0 Å². The minimum atomic E-state index is -4.20. The number of carbonyl (C=O) groups is 1. The second kappa shape index (κ2) is 7.26. The Bertz CT molecular complexity index is 977. The van der Waals surface area contributed by atoms with Crippen molar-refractivity contribution in [1.29, 1.82) is 0 Å². The number of benzene rings is 1. The van der Waals surface area contributed by atoms with Gasteiger partial charge in [0.2, 0.25) is 0 Å². The number of hydrogen-bond donors (Lipinski definition) is 2. The van der Waals surface area contributed by atoms with Crippen LogP contribution in [0.5, 0.6) is 0 Å². The third kappa shape index (κ3) is 4.01. The molecule has 0 fully saturated rings. The van der Waals surface area contributed by atoms with Gasteiger partial charge in [0.05, 0.1) is 0 Å². The molecule has 1 heterocycles. The van der Waals surface area contributed by atoms with Gasteiger partial charge in [0, 0.05) is 18.0 Å². The van der Waals surface area contributed by atoms with E-state index in [1.54, 1.807) is 19.9 Å². The lowest BCUT2D eigenvalue weighted by Gasteiger charge is -2.14. The number of hydrogen-bond acceptors (Lipinski definition) is 5. The maximum absolute atomic E-state index is 12.7. The fraction of sp³-hybridized carbons (Fsp3) is 0.412. The minimum Gasteiger partial charge on any atom is -0.421 e. The van der Waals surface area contributed by atoms with E-state index in [9.17, 15) is 18.0 Å². The Morgan fingerprint density at radius 2 is 1.76 bits per heavy atom. The lowest BCUT2D eigenvalue weighted by atomic mass is 10.0. The molecular formula is C17H22N2O5S. The summed E-state index contributed by atoms with van der Waals surface area (Å²) in [5.74, 6) is 0. The number of unbranched alkanes of at least 4 members (excludes halogenated alkanes) is 1. The van der Waals surface area contributed by atoms with Crippen LogP contribution in [-0.2, 0) is 10.0 Å². The Balaban J connectivity index is 2.56. The number of urea groups is 1. The maximum atomic E-state index is 12.7. The molecule has 0 aliphatic heterocycles. The highest BCUT2D eigenvalue weighted by Crippen LogP contribution is 2.30. The summed E-state index contributed by atoms with van der Waals surface area (Å²) in [4.78, 5) is 23.4. The van der Waals surface area contributed by atoms with Gasteiger partial charge in [-0.25, -0.2) is 22.7 Å². The summed E-state index contributed by atoms with van der Waals surface area (Å²) in [6, 6.07) is 2.20. The Labute approximate surface area is 146 Å². The third-order valence-corrected chi connectivity index (χ3v) is 5.36. The summed E-state index contributed by atoms with van der Waals surface area (Å²) >= 11 is 0. The molecule has 0 aliphatic rings. The van der Waals surface area contributed by atoms with Crippen LogP contribution < -0.4 is 15.7 Å². The molecule has 2 N–H and O–H groups in total. The molecule has 0 atom stereocenters. The zero-order chi connectivity index (χ0) is 18.8. The molecule has 2 aromatic rings. The molecule has 8 heteroatoms. The average molecular weight is 366 g/mol. The molecule has 0 bridgehead atoms. The van der Waals surface area contributed by atoms with Gasteiger partial charge in [-0.3, -0.25) is 0 Å². The van der Waals surface area contributed by atoms with E-state index in [1.807, 2.05) is 18.6 Å². The second-order valence-electron chi connectivity index (χ2n) is 6.01. The number of fused-ring (bicyclic) bond motifs is 1. The predicted molar refractivity (Wildman–Crippen MR) is 95.3 cm³/mol. The van der Waals surface area contributed by atoms with Crippen LogP contribution in [-0.4, -0.2) is 21.0 Å². The summed E-state index contributed by atoms with van der Waals surface area (Å²) in [6.45, 7) is 7.45. The van der Waals surface area contributed by atoms with E-state index >= 15 is 0 Å². The predicted octanol–water partition coefficient (Wildman–Crippen LogP) is 2.51. The summed E-state index contributed by atoms with van der Waals surface area (Å²) in [5, 5.41) is 3.04. The van der Waals surface area contributed by atoms with E-state index in [0.29, 0.717) is 23.1 Å². The van der Waals surface area contributed by atoms with Crippen LogP contribution >= 0.6 is 0 Å². The molecule has 0 saturated heterocycles. The number of carbonyl (C=O) groups excluding carboxylic acids is 1. The van der Waals surface area contributed by atoms with Crippen molar-refractivity contribution >= 4 is 27.0 Å². The molecular weight excluding hydrogens is 344 g/mol. The lowest BCUT2D eigenvalue weighted by molar-refractivity contribution is 0.245. The van der Waals surface area contributed by atoms with Crippen molar-refractivity contribution < 1.29 is 17.6 Å². The number of rotatable bonds is 5. The second-order valence-corrected chi connectivity index (χ2v) is 7.63. The van der Waals surface area contributed by atoms with Gasteiger partial charge < -0.3 is 9.73 Å². The number of amides is 2. The van der Waals surface area contributed by atoms with Crippen molar-refractivity contribution in [2.45, 2.75) is 45.4 Å². The zero-order valence-electron chi connectivity index (χ0n) is 14.7. The van der Waals surface area contributed by atoms with Gasteiger partial charge in [-0.2, -0.15) is 0 Å². The van der Waals surface area contributed by atoms with E-state index in [-0.39, 0.29) is 10.5 Å². The SMILES string of the molecule is CCCCNC(=O)NS(=O)(=O)c1c(C)cc(C)c2c(C)cc(=O)oc12. The quantitative estimate of drug-likeness (QED) is 0.625. The highest BCUT2D eigenvalue weighted by atomic mass is 32.2. The molecule has 1 aromatic heterocycles. The van der Waals surface area contributed by atoms with Crippen LogP contribution in [0.25, 0.3) is 11.0 Å². The first-order valence-corrected chi connectivity index (χ1v) is 9.51. The first kappa shape index (κ1) is 19.0. The van der Waals surface area contributed by atoms with E-state index in [4.69, 9.17) is 4.42 Å². The smallest absolute Gasteiger partial charge is 0.336 e. The average Bonchev–Trinajstić information content (AvgIpc) is 2.44. The molecule has 0 aliphatic carbocycles. The molecule has 1 aromatic carbocycles. The van der Waals surface area contributed by atoms with Crippen LogP contribution in [0.3, 0.4) is 0 Å². The fourth-order valence-corrected chi connectivity index (χ4v) is 4.11. The summed E-state index contributed by atoms with van der Waals surface area (Å²) < 4.78 is 32.6. The van der Waals surface area contributed by atoms with Gasteiger partial charge >= 0.3 is 11.7 Å². The number of nitrogens with one attached hydrogen (secondary N) is 2. The van der Waals surface area contributed by atoms with Gasteiger partial charge in [-0.1, -0.05) is 19.4 Å². The van der Waals surface area contributed by atoms with Crippen molar-refractivity contribution in [3.63, 3.8) is 0 Å². The van der Waals surface area contributed by atoms with E-state index < -0.39 is 21.7 Å². The van der Waals surface area contributed by atoms with E-state index in [0.717, 1.165) is 18.4 Å². The Kier molecular flexibility index (Phi) is 5.52. The van der Waals surface area contributed by atoms with Crippen molar-refractivity contribution in [3.05, 3.63) is 39.2 Å². The molecule has 136 valence electrons. The maximum Gasteiger partial charge on any atom is 0.336 e. The van der Waals surface area contributed by atoms with Crippen LogP contribution in [0, 0.1) is 20.8 Å². The van der Waals surface area contributed by atoms with E-state index in [2.05, 4.69) is 5.32 Å². The van der Waals surface area contributed by atoms with Crippen molar-refractivity contribution in [3.8, 4) is 0 Å². The Morgan fingerprint density at radius 1 is 1.12 bits per heavy atom. The fourth-order valence-electron chi connectivity index (χ4n) is 2.82. The van der Waals surface area contributed by atoms with Gasteiger partial charge in [-0.05, 0) is 43.9 Å². The van der Waals surface area contributed by atoms with Gasteiger partial charge in [0.1, 0.15) is 4.90 Å². The molecule has 0 radical (unpaired) electrons. The molecule has 25 heavy (non-hydrogen) atoms. The zero-order valence-corrected chi connectivity index (χ0v) is 15.5. The highest BCUT2D eigenvalue weighted by Gasteiger charge is 2.26. The van der Waals surface area contributed by atoms with Crippen molar-refractivity contribution in [2.75, 3.05) is 6.54 Å². The normalized spacial score (nSPS) is 11.5. The van der Waals surface area contributed by atoms with E-state index in [1.165, 1.54) is 6.07 Å². The number of aryl methyl sites for hydroxylation is 3. The molecule has 7 nitrogen and oxygen atoms in total. The third-order valence-electron chi connectivity index (χ3n) is 3.86. The monoisotopic (exact) mass is 366 g/mol. The molecule has 0 unspecified atom stereocenters. The van der Waals surface area contributed by atoms with Crippen LogP contribution in [0.1, 0.15) is 36.5 Å². The van der Waals surface area contributed by atoms with Gasteiger partial charge in [0.15, 0.2) is 5.58 Å². The standard InChI is InChI=1S/C17H22N2O5S/c1-5-6-7-18-17(21)19-25(22,23)16-12(4)8-10(2)14-11(3)9-13(20)24-15(14)16/h8-9H,5-7H2,1-4H3,(H2,18,19,21). The van der Waals surface area contributed by atoms with Gasteiger partial charge in [0.25, 0.3) is 10.0 Å². The van der Waals surface area contributed by atoms with Crippen LogP contribution in [0.4, 0.5) is 4.79 Å². The summed E-state index contributed by atoms with van der Waals surface area (Å²) in [7, 11) is -4.20. The topological polar surface area (TPSA) is 105 Å². The molecule has 2 rings (SSSR count). The van der Waals surface area contributed by atoms with Crippen molar-refractivity contribution in [2.24, 2.45) is 0 Å². The lowest BCUT2D eigenvalue weighted by Crippen LogP contribution is -2.40. The van der Waals surface area contributed by atoms with Crippen LogP contribution in [0.15, 0.2) is 26.2 Å². The first-order valence-electron chi connectivity index (χ1n) is 8.02. The van der Waals surface area contributed by atoms with Gasteiger partial charge in [-0.15, -0.1) is 0 Å². The van der Waals surface area contributed by atoms with Crippen molar-refractivity contribution in [1.82, 2.24) is 10.0 Å². The Morgan fingerprint density at radius 3 is 2.40 bits per heavy atom. The molecule has 2 amide bonds. The molecule has 0 saturated carbocycles. The molecule has 0 spiro atoms. The number of sulfonamides is 1. The first-order chi connectivity index (χ1) is 11.7.